The Hall–Kier alpha value is -3.21. The molecule has 0 aliphatic carbocycles. The summed E-state index contributed by atoms with van der Waals surface area (Å²) in [5.74, 6) is -2.05. The maximum absolute atomic E-state index is 14.9. The lowest BCUT2D eigenvalue weighted by molar-refractivity contribution is -0.146. The molecule has 0 bridgehead atoms. The Morgan fingerprint density at radius 2 is 1.93 bits per heavy atom. The van der Waals surface area contributed by atoms with Gasteiger partial charge in [-0.05, 0) is 42.5 Å². The summed E-state index contributed by atoms with van der Waals surface area (Å²) >= 11 is 0. The van der Waals surface area contributed by atoms with Gasteiger partial charge in [-0.2, -0.15) is 0 Å². The van der Waals surface area contributed by atoms with E-state index in [1.807, 2.05) is 44.2 Å². The number of aromatic nitrogens is 2. The number of carbonyl (C=O) groups excluding carboxylic acids is 1. The first-order valence-electron chi connectivity index (χ1n) is 13.5. The molecule has 3 aromatic rings. The first-order valence-corrected chi connectivity index (χ1v) is 13.5. The van der Waals surface area contributed by atoms with Crippen LogP contribution in [0.2, 0.25) is 0 Å². The van der Waals surface area contributed by atoms with Crippen LogP contribution in [0.25, 0.3) is 11.3 Å². The monoisotopic (exact) mass is 558 g/mol. The van der Waals surface area contributed by atoms with Gasteiger partial charge in [0, 0.05) is 50.5 Å². The van der Waals surface area contributed by atoms with Gasteiger partial charge in [-0.3, -0.25) is 4.79 Å². The number of amides is 1. The predicted octanol–water partition coefficient (Wildman–Crippen LogP) is 4.09. The summed E-state index contributed by atoms with van der Waals surface area (Å²) in [6, 6.07) is 11.8. The molecule has 1 saturated heterocycles. The predicted molar refractivity (Wildman–Crippen MR) is 146 cm³/mol. The Labute approximate surface area is 232 Å². The molecule has 2 aromatic carbocycles. The van der Waals surface area contributed by atoms with E-state index in [2.05, 4.69) is 5.32 Å². The minimum atomic E-state index is -1.38. The molecule has 1 aliphatic rings. The number of carbonyl (C=O) groups is 1. The molecule has 216 valence electrons. The number of nitrogens with one attached hydrogen (secondary N) is 1. The van der Waals surface area contributed by atoms with Gasteiger partial charge in [-0.15, -0.1) is 0 Å². The van der Waals surface area contributed by atoms with Crippen molar-refractivity contribution in [1.29, 1.82) is 0 Å². The van der Waals surface area contributed by atoms with Crippen molar-refractivity contribution in [2.75, 3.05) is 26.2 Å². The van der Waals surface area contributed by atoms with Gasteiger partial charge in [-0.25, -0.2) is 18.2 Å². The van der Waals surface area contributed by atoms with Crippen molar-refractivity contribution in [3.05, 3.63) is 77.8 Å². The highest BCUT2D eigenvalue weighted by molar-refractivity contribution is 5.80. The lowest BCUT2D eigenvalue weighted by Crippen LogP contribution is -2.50. The Kier molecular flexibility index (Phi) is 9.33. The molecule has 1 aromatic heterocycles. The van der Waals surface area contributed by atoms with Gasteiger partial charge < -0.3 is 25.0 Å². The van der Waals surface area contributed by atoms with Gasteiger partial charge in [0.1, 0.15) is 29.7 Å². The number of imidazole rings is 1. The van der Waals surface area contributed by atoms with Crippen LogP contribution in [0.3, 0.4) is 0 Å². The van der Waals surface area contributed by atoms with Crippen molar-refractivity contribution in [1.82, 2.24) is 19.8 Å². The quantitative estimate of drug-likeness (QED) is 0.330. The first kappa shape index (κ1) is 29.8. The highest BCUT2D eigenvalue weighted by Gasteiger charge is 2.43. The number of hydrogen-bond acceptors (Lipinski definition) is 5. The SMILES string of the molecule is C[C@H](O)C(=O)N(C[C@@H]1CNC[C@@H]1F)[C@@H](c1nc(-c2cc(F)ccc2F)cn1Cc1ccccc1)C(C)(C)CCO. The molecular weight excluding hydrogens is 521 g/mol. The second-order valence-electron chi connectivity index (χ2n) is 11.2. The van der Waals surface area contributed by atoms with E-state index < -0.39 is 47.2 Å². The third-order valence-corrected chi connectivity index (χ3v) is 7.59. The van der Waals surface area contributed by atoms with Gasteiger partial charge in [0.2, 0.25) is 0 Å². The van der Waals surface area contributed by atoms with Crippen LogP contribution >= 0.6 is 0 Å². The van der Waals surface area contributed by atoms with Crippen LogP contribution in [0, 0.1) is 23.0 Å². The minimum absolute atomic E-state index is 0.000713. The number of alkyl halides is 1. The van der Waals surface area contributed by atoms with Crippen molar-refractivity contribution in [2.24, 2.45) is 11.3 Å². The van der Waals surface area contributed by atoms with Crippen LogP contribution in [0.1, 0.15) is 44.6 Å². The van der Waals surface area contributed by atoms with E-state index in [4.69, 9.17) is 4.98 Å². The number of aliphatic hydroxyl groups excluding tert-OH is 2. The Balaban J connectivity index is 1.92. The summed E-state index contributed by atoms with van der Waals surface area (Å²) in [7, 11) is 0. The van der Waals surface area contributed by atoms with E-state index in [1.54, 1.807) is 10.8 Å². The van der Waals surface area contributed by atoms with Crippen LogP contribution in [-0.4, -0.2) is 69.1 Å². The van der Waals surface area contributed by atoms with Gasteiger partial charge in [-0.1, -0.05) is 44.2 Å². The van der Waals surface area contributed by atoms with E-state index in [-0.39, 0.29) is 37.4 Å². The zero-order chi connectivity index (χ0) is 29.0. The fraction of sp³-hybridized carbons (Fsp3) is 0.467. The van der Waals surface area contributed by atoms with E-state index >= 15 is 0 Å². The van der Waals surface area contributed by atoms with E-state index in [0.29, 0.717) is 18.9 Å². The fourth-order valence-electron chi connectivity index (χ4n) is 5.41. The number of rotatable bonds is 11. The van der Waals surface area contributed by atoms with E-state index in [9.17, 15) is 28.2 Å². The van der Waals surface area contributed by atoms with Gasteiger partial charge in [0.25, 0.3) is 5.91 Å². The minimum Gasteiger partial charge on any atom is -0.396 e. The van der Waals surface area contributed by atoms with Crippen molar-refractivity contribution < 1.29 is 28.2 Å². The highest BCUT2D eigenvalue weighted by atomic mass is 19.1. The van der Waals surface area contributed by atoms with Crippen LogP contribution < -0.4 is 5.32 Å². The van der Waals surface area contributed by atoms with Crippen LogP contribution in [0.5, 0.6) is 0 Å². The maximum Gasteiger partial charge on any atom is 0.251 e. The summed E-state index contributed by atoms with van der Waals surface area (Å²) < 4.78 is 45.6. The lowest BCUT2D eigenvalue weighted by atomic mass is 9.79. The molecule has 4 atom stereocenters. The largest absolute Gasteiger partial charge is 0.396 e. The molecule has 4 rings (SSSR count). The topological polar surface area (TPSA) is 90.6 Å². The normalized spacial score (nSPS) is 19.0. The van der Waals surface area contributed by atoms with Crippen LogP contribution in [0.4, 0.5) is 13.2 Å². The smallest absolute Gasteiger partial charge is 0.251 e. The molecule has 0 radical (unpaired) electrons. The third kappa shape index (κ3) is 6.56. The summed E-state index contributed by atoms with van der Waals surface area (Å²) in [6.07, 6.45) is -0.697. The number of nitrogens with zero attached hydrogens (tertiary/aromatic N) is 3. The Bertz CT molecular complexity index is 1300. The van der Waals surface area contributed by atoms with E-state index in [1.165, 1.54) is 11.8 Å². The molecule has 1 aliphatic heterocycles. The Morgan fingerprint density at radius 3 is 2.55 bits per heavy atom. The molecule has 7 nitrogen and oxygen atoms in total. The molecule has 0 saturated carbocycles. The van der Waals surface area contributed by atoms with Crippen molar-refractivity contribution in [3.8, 4) is 11.3 Å². The Morgan fingerprint density at radius 1 is 1.20 bits per heavy atom. The average Bonchev–Trinajstić information content (AvgIpc) is 3.50. The van der Waals surface area contributed by atoms with Crippen molar-refractivity contribution in [3.63, 3.8) is 0 Å². The van der Waals surface area contributed by atoms with Gasteiger partial charge >= 0.3 is 0 Å². The summed E-state index contributed by atoms with van der Waals surface area (Å²) in [5, 5.41) is 23.4. The van der Waals surface area contributed by atoms with Crippen LogP contribution in [0.15, 0.2) is 54.7 Å². The van der Waals surface area contributed by atoms with Crippen molar-refractivity contribution in [2.45, 2.75) is 52.1 Å². The molecule has 1 fully saturated rings. The molecule has 3 N–H and O–H groups in total. The van der Waals surface area contributed by atoms with Gasteiger partial charge in [0.05, 0.1) is 11.7 Å². The zero-order valence-electron chi connectivity index (χ0n) is 23.0. The molecule has 0 spiro atoms. The zero-order valence-corrected chi connectivity index (χ0v) is 23.0. The van der Waals surface area contributed by atoms with Crippen LogP contribution in [-0.2, 0) is 11.3 Å². The first-order chi connectivity index (χ1) is 19.0. The maximum atomic E-state index is 14.9. The highest BCUT2D eigenvalue weighted by Crippen LogP contribution is 2.43. The third-order valence-electron chi connectivity index (χ3n) is 7.59. The summed E-state index contributed by atoms with van der Waals surface area (Å²) in [4.78, 5) is 19.8. The molecule has 40 heavy (non-hydrogen) atoms. The number of halogens is 3. The second kappa shape index (κ2) is 12.5. The second-order valence-corrected chi connectivity index (χ2v) is 11.2. The lowest BCUT2D eigenvalue weighted by Gasteiger charge is -2.43. The molecule has 10 heteroatoms. The number of benzene rings is 2. The molecule has 1 amide bonds. The van der Waals surface area contributed by atoms with Gasteiger partial charge in [0.15, 0.2) is 0 Å². The standard InChI is InChI=1S/C30H37F3N4O3/c1-19(39)29(40)37(17-21-14-34-15-25(21)33)27(30(2,3)11-12-38)28-35-26(23-13-22(31)9-10-24(23)32)18-36(28)16-20-7-5-4-6-8-20/h4-10,13,18-19,21,25,27,34,38-39H,11-12,14-17H2,1-3H3/t19-,21-,25-,27-/m0/s1. The fourth-order valence-corrected chi connectivity index (χ4v) is 5.41. The number of aliphatic hydroxyl groups is 2. The summed E-state index contributed by atoms with van der Waals surface area (Å²) in [6.45, 7) is 5.71. The average molecular weight is 559 g/mol. The van der Waals surface area contributed by atoms with Crippen molar-refractivity contribution >= 4 is 5.91 Å². The van der Waals surface area contributed by atoms with E-state index in [0.717, 1.165) is 23.8 Å². The molecular formula is C30H37F3N4O3. The number of hydrogen-bond donors (Lipinski definition) is 3. The molecule has 0 unspecified atom stereocenters. The molecule has 2 heterocycles. The summed E-state index contributed by atoms with van der Waals surface area (Å²) in [5.41, 5.74) is 0.227.